The van der Waals surface area contributed by atoms with Gasteiger partial charge in [0.05, 0.1) is 24.0 Å². The molecule has 0 aliphatic carbocycles. The SMILES string of the molecule is CC[C@H](Cc1[nH]c2cc(OCCNCC(O)c3ccc(F)c(NS(C)(=O)=O)c3)ccc2c1C)C(=O)O. The summed E-state index contributed by atoms with van der Waals surface area (Å²) in [6, 6.07) is 9.42. The van der Waals surface area contributed by atoms with Crippen LogP contribution in [0.5, 0.6) is 5.75 Å². The summed E-state index contributed by atoms with van der Waals surface area (Å²) in [6.07, 6.45) is 0.945. The Morgan fingerprint density at radius 1 is 1.22 bits per heavy atom. The summed E-state index contributed by atoms with van der Waals surface area (Å²) in [5, 5.41) is 23.8. The van der Waals surface area contributed by atoms with Crippen molar-refractivity contribution in [2.45, 2.75) is 32.8 Å². The summed E-state index contributed by atoms with van der Waals surface area (Å²) in [7, 11) is -3.65. The molecule has 196 valence electrons. The van der Waals surface area contributed by atoms with Gasteiger partial charge in [-0.3, -0.25) is 9.52 Å². The molecule has 2 atom stereocenters. The first kappa shape index (κ1) is 27.4. The number of rotatable bonds is 13. The van der Waals surface area contributed by atoms with Gasteiger partial charge >= 0.3 is 5.97 Å². The predicted molar refractivity (Wildman–Crippen MR) is 136 cm³/mol. The van der Waals surface area contributed by atoms with E-state index in [0.717, 1.165) is 34.5 Å². The third-order valence-electron chi connectivity index (χ3n) is 5.98. The monoisotopic (exact) mass is 521 g/mol. The van der Waals surface area contributed by atoms with Crippen LogP contribution in [-0.4, -0.2) is 55.5 Å². The van der Waals surface area contributed by atoms with Gasteiger partial charge in [-0.25, -0.2) is 12.8 Å². The largest absolute Gasteiger partial charge is 0.492 e. The van der Waals surface area contributed by atoms with Crippen LogP contribution in [-0.2, 0) is 21.2 Å². The fourth-order valence-corrected chi connectivity index (χ4v) is 4.50. The van der Waals surface area contributed by atoms with E-state index in [-0.39, 0.29) is 12.2 Å². The number of hydrogen-bond acceptors (Lipinski definition) is 6. The van der Waals surface area contributed by atoms with Gasteiger partial charge in [-0.15, -0.1) is 0 Å². The lowest BCUT2D eigenvalue weighted by atomic mass is 9.98. The molecule has 1 heterocycles. The third kappa shape index (κ3) is 7.19. The third-order valence-corrected chi connectivity index (χ3v) is 6.57. The maximum atomic E-state index is 13.8. The van der Waals surface area contributed by atoms with Gasteiger partial charge in [0.15, 0.2) is 0 Å². The number of carboxylic acid groups (broad SMARTS) is 1. The van der Waals surface area contributed by atoms with E-state index in [9.17, 15) is 27.8 Å². The highest BCUT2D eigenvalue weighted by Crippen LogP contribution is 2.28. The maximum Gasteiger partial charge on any atom is 0.306 e. The second-order valence-electron chi connectivity index (χ2n) is 8.77. The molecule has 0 amide bonds. The normalized spacial score (nSPS) is 13.5. The average molecular weight is 522 g/mol. The number of aromatic nitrogens is 1. The van der Waals surface area contributed by atoms with Crippen LogP contribution in [0.2, 0.25) is 0 Å². The van der Waals surface area contributed by atoms with Crippen LogP contribution in [0, 0.1) is 18.7 Å². The smallest absolute Gasteiger partial charge is 0.306 e. The number of benzene rings is 2. The molecule has 0 saturated carbocycles. The Balaban J connectivity index is 1.52. The van der Waals surface area contributed by atoms with E-state index < -0.39 is 33.8 Å². The van der Waals surface area contributed by atoms with Crippen molar-refractivity contribution in [2.75, 3.05) is 30.7 Å². The van der Waals surface area contributed by atoms with Crippen LogP contribution < -0.4 is 14.8 Å². The molecule has 9 nitrogen and oxygen atoms in total. The van der Waals surface area contributed by atoms with Crippen LogP contribution in [0.4, 0.5) is 10.1 Å². The first-order valence-corrected chi connectivity index (χ1v) is 13.5. The summed E-state index contributed by atoms with van der Waals surface area (Å²) in [4.78, 5) is 14.7. The number of sulfonamides is 1. The number of hydrogen-bond donors (Lipinski definition) is 5. The van der Waals surface area contributed by atoms with Crippen LogP contribution in [0.1, 0.15) is 36.3 Å². The molecule has 0 bridgehead atoms. The number of carbonyl (C=O) groups is 1. The summed E-state index contributed by atoms with van der Waals surface area (Å²) in [6.45, 7) is 4.75. The molecule has 0 aliphatic heterocycles. The zero-order valence-electron chi connectivity index (χ0n) is 20.5. The highest BCUT2D eigenvalue weighted by molar-refractivity contribution is 7.92. The minimum atomic E-state index is -3.65. The second-order valence-corrected chi connectivity index (χ2v) is 10.5. The van der Waals surface area contributed by atoms with Gasteiger partial charge in [0.1, 0.15) is 18.2 Å². The molecule has 2 aromatic carbocycles. The zero-order valence-corrected chi connectivity index (χ0v) is 21.3. The minimum Gasteiger partial charge on any atom is -0.492 e. The van der Waals surface area contributed by atoms with Gasteiger partial charge < -0.3 is 25.3 Å². The molecule has 3 rings (SSSR count). The van der Waals surface area contributed by atoms with Crippen molar-refractivity contribution in [2.24, 2.45) is 5.92 Å². The second kappa shape index (κ2) is 11.7. The summed E-state index contributed by atoms with van der Waals surface area (Å²) >= 11 is 0. The Hall–Kier alpha value is -3.15. The van der Waals surface area contributed by atoms with E-state index in [1.54, 1.807) is 0 Å². The molecule has 0 spiro atoms. The van der Waals surface area contributed by atoms with E-state index in [1.165, 1.54) is 12.1 Å². The van der Waals surface area contributed by atoms with E-state index in [4.69, 9.17) is 4.74 Å². The number of carboxylic acids is 1. The van der Waals surface area contributed by atoms with Crippen LogP contribution >= 0.6 is 0 Å². The van der Waals surface area contributed by atoms with E-state index in [1.807, 2.05) is 32.0 Å². The lowest BCUT2D eigenvalue weighted by molar-refractivity contribution is -0.141. The van der Waals surface area contributed by atoms with Gasteiger partial charge in [-0.1, -0.05) is 13.0 Å². The molecule has 3 aromatic rings. The molecule has 0 saturated heterocycles. The quantitative estimate of drug-likeness (QED) is 0.217. The Kier molecular flexibility index (Phi) is 8.93. The van der Waals surface area contributed by atoms with Gasteiger partial charge in [0, 0.05) is 42.2 Å². The number of H-pyrrole nitrogens is 1. The molecular weight excluding hydrogens is 489 g/mol. The fourth-order valence-electron chi connectivity index (χ4n) is 3.95. The summed E-state index contributed by atoms with van der Waals surface area (Å²) < 4.78 is 44.5. The highest BCUT2D eigenvalue weighted by atomic mass is 32.2. The van der Waals surface area contributed by atoms with E-state index in [2.05, 4.69) is 15.0 Å². The van der Waals surface area contributed by atoms with E-state index in [0.29, 0.717) is 37.3 Å². The summed E-state index contributed by atoms with van der Waals surface area (Å²) in [5.41, 5.74) is 2.96. The van der Waals surface area contributed by atoms with Crippen molar-refractivity contribution < 1.29 is 32.6 Å². The first-order chi connectivity index (χ1) is 17.0. The molecule has 36 heavy (non-hydrogen) atoms. The van der Waals surface area contributed by atoms with Crippen molar-refractivity contribution in [3.05, 3.63) is 59.0 Å². The number of halogens is 1. The van der Waals surface area contributed by atoms with Crippen LogP contribution in [0.3, 0.4) is 0 Å². The Morgan fingerprint density at radius 2 is 1.97 bits per heavy atom. The van der Waals surface area contributed by atoms with Crippen molar-refractivity contribution in [1.82, 2.24) is 10.3 Å². The number of fused-ring (bicyclic) bond motifs is 1. The molecular formula is C25H32FN3O6S. The predicted octanol–water partition coefficient (Wildman–Crippen LogP) is 3.34. The topological polar surface area (TPSA) is 141 Å². The van der Waals surface area contributed by atoms with Crippen molar-refractivity contribution in [3.8, 4) is 5.75 Å². The van der Waals surface area contributed by atoms with Gasteiger partial charge in [0.25, 0.3) is 0 Å². The van der Waals surface area contributed by atoms with Crippen molar-refractivity contribution >= 4 is 32.6 Å². The lowest BCUT2D eigenvalue weighted by Crippen LogP contribution is -2.26. The number of aryl methyl sites for hydroxylation is 1. The molecule has 0 radical (unpaired) electrons. The first-order valence-electron chi connectivity index (χ1n) is 11.6. The lowest BCUT2D eigenvalue weighted by Gasteiger charge is -2.14. The molecule has 0 aliphatic rings. The van der Waals surface area contributed by atoms with Crippen molar-refractivity contribution in [1.29, 1.82) is 0 Å². The standard InChI is InChI=1S/C25H32FN3O6S/c1-4-16(25(31)32)11-21-15(2)19-7-6-18(13-22(19)28-21)35-10-9-27-14-24(30)17-5-8-20(26)23(12-17)29-36(3,33)34/h5-8,12-13,16,24,27-30H,4,9-11,14H2,1-3H3,(H,31,32)/t16-,24?/m1/s1. The van der Waals surface area contributed by atoms with Gasteiger partial charge in [0.2, 0.25) is 10.0 Å². The number of nitrogens with one attached hydrogen (secondary N) is 3. The van der Waals surface area contributed by atoms with Crippen LogP contribution in [0.15, 0.2) is 36.4 Å². The number of anilines is 1. The zero-order chi connectivity index (χ0) is 26.5. The summed E-state index contributed by atoms with van der Waals surface area (Å²) in [5.74, 6) is -1.32. The minimum absolute atomic E-state index is 0.160. The van der Waals surface area contributed by atoms with Crippen molar-refractivity contribution in [3.63, 3.8) is 0 Å². The number of ether oxygens (including phenoxy) is 1. The Labute approximate surface area is 209 Å². The van der Waals surface area contributed by atoms with Crippen LogP contribution in [0.25, 0.3) is 10.9 Å². The Bertz CT molecular complexity index is 1320. The maximum absolute atomic E-state index is 13.8. The molecule has 1 aromatic heterocycles. The average Bonchev–Trinajstić information content (AvgIpc) is 3.11. The fraction of sp³-hybridized carbons (Fsp3) is 0.400. The highest BCUT2D eigenvalue weighted by Gasteiger charge is 2.19. The number of aliphatic carboxylic acids is 1. The van der Waals surface area contributed by atoms with Gasteiger partial charge in [-0.05, 0) is 48.7 Å². The molecule has 1 unspecified atom stereocenters. The molecule has 5 N–H and O–H groups in total. The number of aliphatic hydroxyl groups is 1. The number of aromatic amines is 1. The molecule has 11 heteroatoms. The van der Waals surface area contributed by atoms with Gasteiger partial charge in [-0.2, -0.15) is 0 Å². The van der Waals surface area contributed by atoms with E-state index >= 15 is 0 Å². The molecule has 0 fully saturated rings. The Morgan fingerprint density at radius 3 is 2.64 bits per heavy atom. The number of aliphatic hydroxyl groups excluding tert-OH is 1.